The first-order valence-electron chi connectivity index (χ1n) is 9.86. The van der Waals surface area contributed by atoms with E-state index < -0.39 is 6.10 Å². The van der Waals surface area contributed by atoms with Gasteiger partial charge in [-0.3, -0.25) is 9.59 Å². The van der Waals surface area contributed by atoms with Gasteiger partial charge in [-0.05, 0) is 61.2 Å². The van der Waals surface area contributed by atoms with Crippen LogP contribution in [0.1, 0.15) is 62.4 Å². The molecule has 5 heteroatoms. The van der Waals surface area contributed by atoms with Crippen molar-refractivity contribution >= 4 is 17.5 Å². The summed E-state index contributed by atoms with van der Waals surface area (Å²) in [6, 6.07) is 14.6. The quantitative estimate of drug-likeness (QED) is 0.615. The van der Waals surface area contributed by atoms with Crippen molar-refractivity contribution in [2.24, 2.45) is 0 Å². The molecule has 2 amide bonds. The van der Waals surface area contributed by atoms with Crippen molar-refractivity contribution in [3.63, 3.8) is 0 Å². The molecule has 0 aliphatic carbocycles. The van der Waals surface area contributed by atoms with Crippen LogP contribution >= 0.6 is 0 Å². The Morgan fingerprint density at radius 2 is 1.61 bits per heavy atom. The van der Waals surface area contributed by atoms with Crippen LogP contribution in [0, 0.1) is 0 Å². The summed E-state index contributed by atoms with van der Waals surface area (Å²) in [5.41, 5.74) is 2.42. The van der Waals surface area contributed by atoms with E-state index >= 15 is 0 Å². The van der Waals surface area contributed by atoms with Gasteiger partial charge in [-0.2, -0.15) is 0 Å². The monoisotopic (exact) mass is 382 g/mol. The molecule has 0 spiro atoms. The van der Waals surface area contributed by atoms with E-state index in [0.717, 1.165) is 12.8 Å². The van der Waals surface area contributed by atoms with E-state index in [1.165, 1.54) is 5.56 Å². The molecule has 2 rings (SSSR count). The topological polar surface area (TPSA) is 67.4 Å². The molecular formula is C23H30N2O3. The Hall–Kier alpha value is -2.82. The minimum Gasteiger partial charge on any atom is -0.481 e. The molecule has 0 aliphatic rings. The zero-order valence-corrected chi connectivity index (χ0v) is 17.1. The molecule has 0 saturated carbocycles. The van der Waals surface area contributed by atoms with Gasteiger partial charge in [-0.1, -0.05) is 39.3 Å². The predicted octanol–water partition coefficient (Wildman–Crippen LogP) is 4.75. The highest BCUT2D eigenvalue weighted by Crippen LogP contribution is 2.20. The molecule has 2 N–H and O–H groups in total. The van der Waals surface area contributed by atoms with Gasteiger partial charge >= 0.3 is 0 Å². The number of rotatable bonds is 9. The van der Waals surface area contributed by atoms with Crippen molar-refractivity contribution in [1.29, 1.82) is 0 Å². The lowest BCUT2D eigenvalue weighted by atomic mass is 10.0. The zero-order valence-electron chi connectivity index (χ0n) is 17.1. The fourth-order valence-corrected chi connectivity index (χ4v) is 2.62. The third kappa shape index (κ3) is 6.41. The number of nitrogens with one attached hydrogen (secondary N) is 2. The van der Waals surface area contributed by atoms with Crippen molar-refractivity contribution in [3.8, 4) is 5.75 Å². The van der Waals surface area contributed by atoms with Crippen LogP contribution in [0.2, 0.25) is 0 Å². The highest BCUT2D eigenvalue weighted by Gasteiger charge is 2.15. The van der Waals surface area contributed by atoms with Crippen LogP contribution in [0.3, 0.4) is 0 Å². The summed E-state index contributed by atoms with van der Waals surface area (Å²) in [4.78, 5) is 24.4. The van der Waals surface area contributed by atoms with Crippen LogP contribution in [0.5, 0.6) is 5.75 Å². The first kappa shape index (κ1) is 21.5. The number of ether oxygens (including phenoxy) is 1. The van der Waals surface area contributed by atoms with Crippen LogP contribution in [0.15, 0.2) is 48.5 Å². The lowest BCUT2D eigenvalue weighted by Crippen LogP contribution is -2.30. The van der Waals surface area contributed by atoms with Crippen molar-refractivity contribution < 1.29 is 14.3 Å². The van der Waals surface area contributed by atoms with E-state index in [9.17, 15) is 9.59 Å². The SMILES string of the molecule is CCCCNC(=O)c1ccc(NC(=O)C(C)Oc2ccc(C(C)C)cc2)cc1. The normalized spacial score (nSPS) is 11.8. The Labute approximate surface area is 167 Å². The van der Waals surface area contributed by atoms with Gasteiger partial charge in [0.05, 0.1) is 0 Å². The molecule has 0 saturated heterocycles. The molecule has 28 heavy (non-hydrogen) atoms. The van der Waals surface area contributed by atoms with Crippen molar-refractivity contribution in [1.82, 2.24) is 5.32 Å². The smallest absolute Gasteiger partial charge is 0.265 e. The lowest BCUT2D eigenvalue weighted by Gasteiger charge is -2.15. The average Bonchev–Trinajstić information content (AvgIpc) is 2.69. The molecule has 1 atom stereocenters. The fourth-order valence-electron chi connectivity index (χ4n) is 2.62. The summed E-state index contributed by atoms with van der Waals surface area (Å²) >= 11 is 0. The number of hydrogen-bond donors (Lipinski definition) is 2. The Bertz CT molecular complexity index is 767. The Morgan fingerprint density at radius 1 is 0.964 bits per heavy atom. The number of unbranched alkanes of at least 4 members (excludes halogenated alkanes) is 1. The van der Waals surface area contributed by atoms with Crippen molar-refractivity contribution in [3.05, 3.63) is 59.7 Å². The van der Waals surface area contributed by atoms with E-state index in [1.807, 2.05) is 24.3 Å². The summed E-state index contributed by atoms with van der Waals surface area (Å²) in [6.45, 7) is 8.72. The molecule has 0 fully saturated rings. The van der Waals surface area contributed by atoms with E-state index in [2.05, 4.69) is 31.4 Å². The number of amides is 2. The number of carbonyl (C=O) groups excluding carboxylic acids is 2. The van der Waals surface area contributed by atoms with E-state index in [-0.39, 0.29) is 11.8 Å². The minimum absolute atomic E-state index is 0.104. The Balaban J connectivity index is 1.88. The highest BCUT2D eigenvalue weighted by atomic mass is 16.5. The van der Waals surface area contributed by atoms with Crippen LogP contribution < -0.4 is 15.4 Å². The Morgan fingerprint density at radius 3 is 2.18 bits per heavy atom. The Kier molecular flexibility index (Phi) is 8.05. The number of carbonyl (C=O) groups is 2. The van der Waals surface area contributed by atoms with Gasteiger partial charge in [0.1, 0.15) is 5.75 Å². The van der Waals surface area contributed by atoms with Crippen molar-refractivity contribution in [2.75, 3.05) is 11.9 Å². The molecule has 2 aromatic carbocycles. The zero-order chi connectivity index (χ0) is 20.5. The second-order valence-electron chi connectivity index (χ2n) is 7.16. The summed E-state index contributed by atoms with van der Waals surface area (Å²) in [7, 11) is 0. The van der Waals surface area contributed by atoms with Crippen LogP contribution in [-0.2, 0) is 4.79 Å². The molecule has 1 unspecified atom stereocenters. The van der Waals surface area contributed by atoms with Crippen LogP contribution in [0.25, 0.3) is 0 Å². The fraction of sp³-hybridized carbons (Fsp3) is 0.391. The largest absolute Gasteiger partial charge is 0.481 e. The van der Waals surface area contributed by atoms with E-state index in [1.54, 1.807) is 31.2 Å². The molecule has 150 valence electrons. The summed E-state index contributed by atoms with van der Waals surface area (Å²) in [5, 5.41) is 5.68. The maximum atomic E-state index is 12.4. The lowest BCUT2D eigenvalue weighted by molar-refractivity contribution is -0.122. The molecule has 0 aromatic heterocycles. The second kappa shape index (κ2) is 10.5. The van der Waals surface area contributed by atoms with E-state index in [0.29, 0.717) is 29.5 Å². The van der Waals surface area contributed by atoms with E-state index in [4.69, 9.17) is 4.74 Å². The van der Waals surface area contributed by atoms with Gasteiger partial charge in [0.2, 0.25) is 0 Å². The molecule has 2 aromatic rings. The van der Waals surface area contributed by atoms with Crippen molar-refractivity contribution in [2.45, 2.75) is 52.6 Å². The van der Waals surface area contributed by atoms with Gasteiger partial charge < -0.3 is 15.4 Å². The maximum Gasteiger partial charge on any atom is 0.265 e. The predicted molar refractivity (Wildman–Crippen MR) is 113 cm³/mol. The van der Waals surface area contributed by atoms with Gasteiger partial charge in [0.25, 0.3) is 11.8 Å². The highest BCUT2D eigenvalue weighted by molar-refractivity contribution is 5.96. The molecule has 0 aliphatic heterocycles. The molecule has 0 heterocycles. The number of hydrogen-bond acceptors (Lipinski definition) is 3. The van der Waals surface area contributed by atoms with Gasteiger partial charge in [-0.15, -0.1) is 0 Å². The molecule has 5 nitrogen and oxygen atoms in total. The average molecular weight is 383 g/mol. The number of anilines is 1. The summed E-state index contributed by atoms with van der Waals surface area (Å²) < 4.78 is 5.72. The minimum atomic E-state index is -0.637. The third-order valence-electron chi connectivity index (χ3n) is 4.46. The second-order valence-corrected chi connectivity index (χ2v) is 7.16. The molecule has 0 radical (unpaired) electrons. The summed E-state index contributed by atoms with van der Waals surface area (Å²) in [6.07, 6.45) is 1.35. The van der Waals surface area contributed by atoms with Crippen LogP contribution in [-0.4, -0.2) is 24.5 Å². The summed E-state index contributed by atoms with van der Waals surface area (Å²) in [5.74, 6) is 0.763. The maximum absolute atomic E-state index is 12.4. The van der Waals surface area contributed by atoms with Crippen LogP contribution in [0.4, 0.5) is 5.69 Å². The number of benzene rings is 2. The first-order chi connectivity index (χ1) is 13.4. The first-order valence-corrected chi connectivity index (χ1v) is 9.86. The van der Waals surface area contributed by atoms with Gasteiger partial charge in [0.15, 0.2) is 6.10 Å². The third-order valence-corrected chi connectivity index (χ3v) is 4.46. The van der Waals surface area contributed by atoms with Gasteiger partial charge in [0, 0.05) is 17.8 Å². The standard InChI is InChI=1S/C23H30N2O3/c1-5-6-15-24-23(27)19-7-11-20(12-8-19)25-22(26)17(4)28-21-13-9-18(10-14-21)16(2)3/h7-14,16-17H,5-6,15H2,1-4H3,(H,24,27)(H,25,26). The molecule has 0 bridgehead atoms. The van der Waals surface area contributed by atoms with Gasteiger partial charge in [-0.25, -0.2) is 0 Å². The molecular weight excluding hydrogens is 352 g/mol.